The summed E-state index contributed by atoms with van der Waals surface area (Å²) in [5.41, 5.74) is 14.5. The number of benzene rings is 6. The summed E-state index contributed by atoms with van der Waals surface area (Å²) in [6.45, 7) is 0. The fourth-order valence-electron chi connectivity index (χ4n) is 9.38. The van der Waals surface area contributed by atoms with Gasteiger partial charge in [0.05, 0.1) is 22.4 Å². The first-order valence-corrected chi connectivity index (χ1v) is 24.5. The lowest BCUT2D eigenvalue weighted by Crippen LogP contribution is -2.01. The molecule has 0 spiro atoms. The molecule has 348 valence electrons. The van der Waals surface area contributed by atoms with Crippen LogP contribution in [-0.4, -0.2) is 54.0 Å². The molecule has 13 aromatic rings. The van der Waals surface area contributed by atoms with Crippen LogP contribution >= 0.6 is 15.9 Å². The van der Waals surface area contributed by atoms with Gasteiger partial charge in [-0.25, -0.2) is 0 Å². The Morgan fingerprint density at radius 2 is 0.726 bits per heavy atom. The number of hydrogen-bond acceptors (Lipinski definition) is 8. The highest BCUT2D eigenvalue weighted by atomic mass is 79.9. The molecule has 7 aromatic heterocycles. The smallest absolute Gasteiger partial charge is 0.187 e. The van der Waals surface area contributed by atoms with Crippen LogP contribution in [0.1, 0.15) is 11.1 Å². The van der Waals surface area contributed by atoms with E-state index in [4.69, 9.17) is 0 Å². The number of nitrogens with zero attached hydrogens (tertiary/aromatic N) is 11. The molecule has 11 nitrogen and oxygen atoms in total. The second kappa shape index (κ2) is 20.1. The number of pyridine rings is 4. The molecule has 0 unspecified atom stereocenters. The summed E-state index contributed by atoms with van der Waals surface area (Å²) < 4.78 is 7.35. The van der Waals surface area contributed by atoms with Gasteiger partial charge in [-0.05, 0) is 126 Å². The number of para-hydroxylation sites is 2. The molecular formula is C61H42BrN11. The summed E-state index contributed by atoms with van der Waals surface area (Å²) >= 11 is 3.46. The average molecular weight is 1010 g/mol. The van der Waals surface area contributed by atoms with Crippen LogP contribution < -0.4 is 0 Å². The molecule has 6 aromatic carbocycles. The zero-order chi connectivity index (χ0) is 48.9. The first-order chi connectivity index (χ1) is 36.2. The lowest BCUT2D eigenvalue weighted by Gasteiger charge is -2.12. The van der Waals surface area contributed by atoms with Gasteiger partial charge >= 0.3 is 0 Å². The van der Waals surface area contributed by atoms with Gasteiger partial charge in [0.25, 0.3) is 0 Å². The highest BCUT2D eigenvalue weighted by Gasteiger charge is 2.21. The third-order valence-electron chi connectivity index (χ3n) is 12.7. The predicted octanol–water partition coefficient (Wildman–Crippen LogP) is 13.9. The number of halogens is 1. The molecule has 0 bridgehead atoms. The van der Waals surface area contributed by atoms with Crippen LogP contribution in [0, 0.1) is 0 Å². The van der Waals surface area contributed by atoms with Crippen LogP contribution in [0.4, 0.5) is 0 Å². The lowest BCUT2D eigenvalue weighted by atomic mass is 10.1. The van der Waals surface area contributed by atoms with Gasteiger partial charge in [0, 0.05) is 69.2 Å². The molecule has 1 aliphatic carbocycles. The summed E-state index contributed by atoms with van der Waals surface area (Å²) in [6, 6.07) is 70.1. The Balaban J connectivity index is 0.000000125. The van der Waals surface area contributed by atoms with Crippen molar-refractivity contribution >= 4 is 37.7 Å². The summed E-state index contributed by atoms with van der Waals surface area (Å²) in [6.07, 6.45) is 11.7. The maximum absolute atomic E-state index is 4.58. The van der Waals surface area contributed by atoms with Gasteiger partial charge in [0.15, 0.2) is 23.3 Å². The van der Waals surface area contributed by atoms with E-state index in [-0.39, 0.29) is 0 Å². The summed E-state index contributed by atoms with van der Waals surface area (Å²) in [5, 5.41) is 20.4. The second-order valence-corrected chi connectivity index (χ2v) is 18.0. The first-order valence-electron chi connectivity index (χ1n) is 23.7. The molecule has 0 radical (unpaired) electrons. The molecule has 0 amide bonds. The Morgan fingerprint density at radius 1 is 0.329 bits per heavy atom. The molecule has 0 saturated heterocycles. The van der Waals surface area contributed by atoms with E-state index in [0.717, 1.165) is 62.1 Å². The van der Waals surface area contributed by atoms with E-state index in [1.54, 1.807) is 37.2 Å². The van der Waals surface area contributed by atoms with Crippen molar-refractivity contribution in [3.8, 4) is 74.0 Å². The average Bonchev–Trinajstić information content (AvgIpc) is 4.28. The molecule has 0 atom stereocenters. The number of fused-ring (bicyclic) bond motifs is 6. The fourth-order valence-corrected chi connectivity index (χ4v) is 9.64. The van der Waals surface area contributed by atoms with Crippen LogP contribution in [-0.2, 0) is 6.42 Å². The molecule has 73 heavy (non-hydrogen) atoms. The van der Waals surface area contributed by atoms with Crippen molar-refractivity contribution in [3.63, 3.8) is 0 Å². The molecular weight excluding hydrogens is 967 g/mol. The maximum atomic E-state index is 4.58. The Morgan fingerprint density at radius 3 is 1.19 bits per heavy atom. The second-order valence-electron chi connectivity index (χ2n) is 17.1. The Hall–Kier alpha value is -9.52. The molecule has 1 aliphatic rings. The summed E-state index contributed by atoms with van der Waals surface area (Å²) in [5.74, 6) is 2.88. The highest BCUT2D eigenvalue weighted by molar-refractivity contribution is 9.10. The van der Waals surface area contributed by atoms with Crippen molar-refractivity contribution in [1.29, 1.82) is 0 Å². The van der Waals surface area contributed by atoms with Crippen LogP contribution in [0.3, 0.4) is 0 Å². The van der Waals surface area contributed by atoms with Crippen molar-refractivity contribution in [2.45, 2.75) is 6.42 Å². The third kappa shape index (κ3) is 8.87. The van der Waals surface area contributed by atoms with E-state index in [0.29, 0.717) is 11.6 Å². The van der Waals surface area contributed by atoms with Crippen molar-refractivity contribution in [2.75, 3.05) is 0 Å². The molecule has 14 rings (SSSR count). The van der Waals surface area contributed by atoms with Crippen molar-refractivity contribution < 1.29 is 0 Å². The topological polar surface area (TPSA) is 118 Å². The van der Waals surface area contributed by atoms with E-state index < -0.39 is 0 Å². The molecule has 12 heteroatoms. The van der Waals surface area contributed by atoms with Crippen LogP contribution in [0.15, 0.2) is 248 Å². The molecule has 0 aliphatic heterocycles. The van der Waals surface area contributed by atoms with Crippen molar-refractivity contribution in [3.05, 3.63) is 259 Å². The zero-order valence-electron chi connectivity index (χ0n) is 39.1. The summed E-state index contributed by atoms with van der Waals surface area (Å²) in [7, 11) is 0. The third-order valence-corrected chi connectivity index (χ3v) is 13.3. The normalized spacial score (nSPS) is 11.3. The van der Waals surface area contributed by atoms with Gasteiger partial charge in [-0.3, -0.25) is 29.1 Å². The standard InChI is InChI=1S/C30H20N6.C18H12BrN5.C13H10/c1-3-10-27-24(7-1)25-8-2-4-11-28(25)35(27)22-14-12-21(13-15-22)29-33-34-30(26-9-5-6-18-32-26)36(29)23-16-19-31-20-17-23;19-14-6-4-13(5-7-14)17-22-23-18(16-3-1-2-10-21-16)24(17)15-8-11-20-12-9-15;1-3-7-12-10(5-1)9-11-6-2-4-8-13(11)12/h1-20H;1-12H;1-8H,9H2. The lowest BCUT2D eigenvalue weighted by molar-refractivity contribution is 1.05. The van der Waals surface area contributed by atoms with Gasteiger partial charge in [0.2, 0.25) is 0 Å². The zero-order valence-corrected chi connectivity index (χ0v) is 40.7. The maximum Gasteiger partial charge on any atom is 0.187 e. The van der Waals surface area contributed by atoms with Gasteiger partial charge in [-0.1, -0.05) is 125 Å². The number of rotatable bonds is 7. The Bertz CT molecular complexity index is 3890. The van der Waals surface area contributed by atoms with E-state index >= 15 is 0 Å². The first kappa shape index (κ1) is 44.7. The van der Waals surface area contributed by atoms with E-state index in [2.05, 4.69) is 182 Å². The monoisotopic (exact) mass is 1010 g/mol. The molecule has 0 fully saturated rings. The largest absolute Gasteiger partial charge is 0.309 e. The van der Waals surface area contributed by atoms with E-state index in [9.17, 15) is 0 Å². The minimum absolute atomic E-state index is 0.684. The van der Waals surface area contributed by atoms with Gasteiger partial charge in [-0.2, -0.15) is 0 Å². The SMILES string of the molecule is Brc1ccc(-c2nnc(-c3ccccn3)n2-c2ccncc2)cc1.c1ccc(-c2nnc(-c3ccc(-n4c5ccccc5c5ccccc54)cc3)n2-c2ccncc2)nc1.c1ccc2c(c1)Cc1ccccc1-2. The number of hydrogen-bond donors (Lipinski definition) is 0. The Labute approximate surface area is 429 Å². The van der Waals surface area contributed by atoms with Gasteiger partial charge in [-0.15, -0.1) is 20.4 Å². The van der Waals surface area contributed by atoms with Crippen LogP contribution in [0.5, 0.6) is 0 Å². The predicted molar refractivity (Wildman–Crippen MR) is 292 cm³/mol. The molecule has 7 heterocycles. The quantitative estimate of drug-likeness (QED) is 0.155. The van der Waals surface area contributed by atoms with Crippen molar-refractivity contribution in [1.82, 2.24) is 54.0 Å². The Kier molecular flexibility index (Phi) is 12.3. The van der Waals surface area contributed by atoms with E-state index in [1.165, 1.54) is 44.1 Å². The van der Waals surface area contributed by atoms with Crippen LogP contribution in [0.2, 0.25) is 0 Å². The van der Waals surface area contributed by atoms with Gasteiger partial charge in [0.1, 0.15) is 11.4 Å². The fraction of sp³-hybridized carbons (Fsp3) is 0.0164. The summed E-state index contributed by atoms with van der Waals surface area (Å²) in [4.78, 5) is 17.2. The minimum Gasteiger partial charge on any atom is -0.309 e. The molecule has 0 N–H and O–H groups in total. The van der Waals surface area contributed by atoms with Crippen molar-refractivity contribution in [2.24, 2.45) is 0 Å². The van der Waals surface area contributed by atoms with Gasteiger partial charge < -0.3 is 4.57 Å². The number of aromatic nitrogens is 11. The minimum atomic E-state index is 0.684. The van der Waals surface area contributed by atoms with Crippen LogP contribution in [0.25, 0.3) is 95.8 Å². The molecule has 0 saturated carbocycles. The highest BCUT2D eigenvalue weighted by Crippen LogP contribution is 2.37. The van der Waals surface area contributed by atoms with E-state index in [1.807, 2.05) is 94.1 Å².